The number of nitrogens with one attached hydrogen (secondary N) is 1. The summed E-state index contributed by atoms with van der Waals surface area (Å²) in [6, 6.07) is 2.48. The van der Waals surface area contributed by atoms with Crippen LogP contribution in [0.4, 0.5) is 0 Å². The van der Waals surface area contributed by atoms with E-state index in [1.165, 1.54) is 28.6 Å². The topological polar surface area (TPSA) is 116 Å². The Kier molecular flexibility index (Phi) is 7.55. The lowest BCUT2D eigenvalue weighted by molar-refractivity contribution is -0.131. The summed E-state index contributed by atoms with van der Waals surface area (Å²) in [5.74, 6) is 11.2. The van der Waals surface area contributed by atoms with Crippen molar-refractivity contribution in [3.8, 4) is 23.7 Å². The lowest BCUT2D eigenvalue weighted by Crippen LogP contribution is -2.53. The minimum atomic E-state index is -3.82. The van der Waals surface area contributed by atoms with E-state index in [4.69, 9.17) is 9.94 Å². The number of ether oxygens (including phenoxy) is 1. The lowest BCUT2D eigenvalue weighted by Gasteiger charge is -2.43. The Morgan fingerprint density at radius 3 is 2.66 bits per heavy atom. The Morgan fingerprint density at radius 1 is 1.31 bits per heavy atom. The molecule has 4 heterocycles. The van der Waals surface area contributed by atoms with Crippen molar-refractivity contribution in [1.82, 2.24) is 15.3 Å². The van der Waals surface area contributed by atoms with Gasteiger partial charge < -0.3 is 9.64 Å². The molecule has 0 aliphatic carbocycles. The molecule has 0 radical (unpaired) electrons. The first kappa shape index (κ1) is 25.7. The van der Waals surface area contributed by atoms with Crippen LogP contribution in [0.2, 0.25) is 0 Å². The normalized spacial score (nSPS) is 20.7. The second-order valence-corrected chi connectivity index (χ2v) is 12.9. The molecule has 3 aliphatic rings. The van der Waals surface area contributed by atoms with E-state index >= 15 is 0 Å². The number of sulfone groups is 1. The van der Waals surface area contributed by atoms with Gasteiger partial charge in [-0.1, -0.05) is 5.92 Å². The first-order valence-electron chi connectivity index (χ1n) is 11.5. The molecule has 9 nitrogen and oxygen atoms in total. The van der Waals surface area contributed by atoms with Crippen molar-refractivity contribution in [3.63, 3.8) is 0 Å². The van der Waals surface area contributed by atoms with Gasteiger partial charge >= 0.3 is 0 Å². The zero-order chi connectivity index (χ0) is 25.2. The number of hydroxylamine groups is 1. The van der Waals surface area contributed by atoms with E-state index in [0.717, 1.165) is 55.8 Å². The molecule has 0 saturated carbocycles. The smallest absolute Gasteiger partial charge is 0.264 e. The second-order valence-electron chi connectivity index (χ2n) is 9.40. The van der Waals surface area contributed by atoms with Gasteiger partial charge in [0.05, 0.1) is 9.75 Å². The number of fused-ring (bicyclic) bond motifs is 1. The summed E-state index contributed by atoms with van der Waals surface area (Å²) >= 11 is 1.29. The van der Waals surface area contributed by atoms with E-state index in [0.29, 0.717) is 23.4 Å². The van der Waals surface area contributed by atoms with E-state index in [2.05, 4.69) is 28.6 Å². The summed E-state index contributed by atoms with van der Waals surface area (Å²) in [7, 11) is -3.82. The molecular formula is C24H29N3O6S2. The number of hydrogen-bond acceptors (Lipinski definition) is 8. The van der Waals surface area contributed by atoms with Gasteiger partial charge in [0.15, 0.2) is 14.6 Å². The van der Waals surface area contributed by atoms with Crippen molar-refractivity contribution in [1.29, 1.82) is 0 Å². The van der Waals surface area contributed by atoms with Crippen LogP contribution in [0, 0.1) is 29.6 Å². The molecule has 35 heavy (non-hydrogen) atoms. The molecule has 0 bridgehead atoms. The van der Waals surface area contributed by atoms with Gasteiger partial charge in [-0.25, -0.2) is 13.9 Å². The molecule has 1 atom stereocenters. The highest BCUT2D eigenvalue weighted by Gasteiger charge is 2.44. The van der Waals surface area contributed by atoms with Crippen LogP contribution >= 0.6 is 11.3 Å². The van der Waals surface area contributed by atoms with Gasteiger partial charge in [-0.3, -0.25) is 19.7 Å². The number of amides is 2. The molecule has 188 valence electrons. The first-order chi connectivity index (χ1) is 16.6. The molecular weight excluding hydrogens is 490 g/mol. The highest BCUT2D eigenvalue weighted by molar-refractivity contribution is 7.92. The van der Waals surface area contributed by atoms with E-state index in [9.17, 15) is 18.0 Å². The predicted molar refractivity (Wildman–Crippen MR) is 130 cm³/mol. The van der Waals surface area contributed by atoms with Crippen LogP contribution in [-0.4, -0.2) is 85.1 Å². The SMILES string of the molecule is CC(CCN1Cc2cc(C#CC#CC3CN(C4CCOCC4)C3)sc2C1=O)(C(=O)NO)S(C)(=O)=O. The largest absolute Gasteiger partial charge is 0.381 e. The Balaban J connectivity index is 1.30. The van der Waals surface area contributed by atoms with Crippen LogP contribution in [-0.2, 0) is 25.9 Å². The number of carbonyl (C=O) groups is 2. The van der Waals surface area contributed by atoms with Crippen LogP contribution in [0.1, 0.15) is 46.3 Å². The van der Waals surface area contributed by atoms with Crippen molar-refractivity contribution >= 4 is 33.0 Å². The Labute approximate surface area is 209 Å². The molecule has 1 unspecified atom stereocenters. The van der Waals surface area contributed by atoms with E-state index in [1.807, 2.05) is 6.07 Å². The minimum Gasteiger partial charge on any atom is -0.381 e. The number of nitrogens with zero attached hydrogens (tertiary/aromatic N) is 2. The molecule has 11 heteroatoms. The molecule has 2 fully saturated rings. The summed E-state index contributed by atoms with van der Waals surface area (Å²) < 4.78 is 27.8. The first-order valence-corrected chi connectivity index (χ1v) is 14.2. The highest BCUT2D eigenvalue weighted by Crippen LogP contribution is 2.32. The lowest BCUT2D eigenvalue weighted by atomic mass is 9.95. The summed E-state index contributed by atoms with van der Waals surface area (Å²) in [5.41, 5.74) is 2.25. The molecule has 0 spiro atoms. The average Bonchev–Trinajstić information content (AvgIpc) is 3.33. The Hall–Kier alpha value is -2.41. The van der Waals surface area contributed by atoms with Gasteiger partial charge in [-0.15, -0.1) is 11.3 Å². The quantitative estimate of drug-likeness (QED) is 0.325. The molecule has 2 N–H and O–H groups in total. The Morgan fingerprint density at radius 2 is 2.03 bits per heavy atom. The van der Waals surface area contributed by atoms with Gasteiger partial charge in [0.2, 0.25) is 0 Å². The fourth-order valence-electron chi connectivity index (χ4n) is 4.51. The van der Waals surface area contributed by atoms with Gasteiger partial charge in [-0.05, 0) is 55.6 Å². The number of thiophene rings is 1. The van der Waals surface area contributed by atoms with Crippen molar-refractivity contribution in [2.75, 3.05) is 39.1 Å². The summed E-state index contributed by atoms with van der Waals surface area (Å²) in [6.07, 6.45) is 2.99. The molecule has 2 amide bonds. The fourth-order valence-corrected chi connectivity index (χ4v) is 6.35. The number of hydrogen-bond donors (Lipinski definition) is 2. The third kappa shape index (κ3) is 5.40. The fraction of sp³-hybridized carbons (Fsp3) is 0.583. The van der Waals surface area contributed by atoms with Gasteiger partial charge in [0.1, 0.15) is 0 Å². The molecule has 0 aromatic carbocycles. The Bertz CT molecular complexity index is 1220. The van der Waals surface area contributed by atoms with Gasteiger partial charge in [0.25, 0.3) is 11.8 Å². The van der Waals surface area contributed by atoms with Crippen LogP contribution in [0.3, 0.4) is 0 Å². The third-order valence-corrected chi connectivity index (χ3v) is 10.2. The van der Waals surface area contributed by atoms with E-state index in [-0.39, 0.29) is 18.9 Å². The van der Waals surface area contributed by atoms with Gasteiger partial charge in [0, 0.05) is 57.6 Å². The van der Waals surface area contributed by atoms with E-state index in [1.54, 1.807) is 0 Å². The molecule has 1 aromatic rings. The summed E-state index contributed by atoms with van der Waals surface area (Å²) in [4.78, 5) is 30.1. The maximum atomic E-state index is 12.8. The molecule has 1 aromatic heterocycles. The summed E-state index contributed by atoms with van der Waals surface area (Å²) in [6.45, 7) is 5.28. The number of carbonyl (C=O) groups excluding carboxylic acids is 2. The van der Waals surface area contributed by atoms with E-state index < -0.39 is 20.5 Å². The summed E-state index contributed by atoms with van der Waals surface area (Å²) in [5, 5.41) is 8.95. The standard InChI is InChI=1S/C24H29N3O6S2/c1-24(23(29)25-30,35(2,31)32)9-10-26-16-18-13-20(34-21(18)22(26)28)6-4-3-5-17-14-27(15-17)19-7-11-33-12-8-19/h13,17,19,30H,7-12,14-16H2,1-2H3,(H,25,29). The van der Waals surface area contributed by atoms with Crippen LogP contribution in [0.5, 0.6) is 0 Å². The molecule has 2 saturated heterocycles. The maximum absolute atomic E-state index is 12.8. The van der Waals surface area contributed by atoms with Crippen molar-refractivity contribution in [2.24, 2.45) is 5.92 Å². The molecule has 3 aliphatic heterocycles. The monoisotopic (exact) mass is 519 g/mol. The van der Waals surface area contributed by atoms with Crippen LogP contribution in [0.15, 0.2) is 6.07 Å². The third-order valence-electron chi connectivity index (χ3n) is 7.05. The highest BCUT2D eigenvalue weighted by atomic mass is 32.2. The minimum absolute atomic E-state index is 0.0655. The van der Waals surface area contributed by atoms with Gasteiger partial charge in [-0.2, -0.15) is 0 Å². The predicted octanol–water partition coefficient (Wildman–Crippen LogP) is 0.868. The van der Waals surface area contributed by atoms with Crippen LogP contribution < -0.4 is 5.48 Å². The zero-order valence-electron chi connectivity index (χ0n) is 19.8. The maximum Gasteiger partial charge on any atom is 0.264 e. The van der Waals surface area contributed by atoms with Crippen LogP contribution in [0.25, 0.3) is 0 Å². The number of rotatable bonds is 6. The van der Waals surface area contributed by atoms with Crippen molar-refractivity contribution in [2.45, 2.75) is 43.5 Å². The average molecular weight is 520 g/mol. The number of likely N-dealkylation sites (tertiary alicyclic amines) is 1. The second kappa shape index (κ2) is 10.3. The zero-order valence-corrected chi connectivity index (χ0v) is 21.4. The molecule has 4 rings (SSSR count). The van der Waals surface area contributed by atoms with Crippen molar-refractivity contribution < 1.29 is 28.0 Å². The van der Waals surface area contributed by atoms with Crippen molar-refractivity contribution in [3.05, 3.63) is 21.4 Å².